The number of hydrogen-bond acceptors (Lipinski definition) is 4. The fourth-order valence-electron chi connectivity index (χ4n) is 3.35. The summed E-state index contributed by atoms with van der Waals surface area (Å²) >= 11 is 5.95. The quantitative estimate of drug-likeness (QED) is 0.649. The molecule has 0 aliphatic carbocycles. The molecule has 0 fully saturated rings. The van der Waals surface area contributed by atoms with E-state index in [9.17, 15) is 18.4 Å². The van der Waals surface area contributed by atoms with Crippen LogP contribution in [0.2, 0.25) is 5.02 Å². The van der Waals surface area contributed by atoms with Gasteiger partial charge in [0.2, 0.25) is 0 Å². The van der Waals surface area contributed by atoms with E-state index in [2.05, 4.69) is 4.98 Å². The van der Waals surface area contributed by atoms with Gasteiger partial charge < -0.3 is 4.74 Å². The van der Waals surface area contributed by atoms with E-state index in [0.29, 0.717) is 27.9 Å². The van der Waals surface area contributed by atoms with E-state index in [4.69, 9.17) is 16.3 Å². The van der Waals surface area contributed by atoms with Crippen molar-refractivity contribution in [2.24, 2.45) is 7.05 Å². The second-order valence-corrected chi connectivity index (χ2v) is 7.12. The van der Waals surface area contributed by atoms with Crippen LogP contribution in [0.25, 0.3) is 10.9 Å². The average molecular weight is 420 g/mol. The lowest BCUT2D eigenvalue weighted by molar-refractivity contribution is -0.193. The van der Waals surface area contributed by atoms with Gasteiger partial charge in [0.1, 0.15) is 5.82 Å². The Morgan fingerprint density at radius 2 is 1.97 bits per heavy atom. The molecule has 0 saturated carbocycles. The number of aryl methyl sites for hydroxylation is 1. The van der Waals surface area contributed by atoms with Crippen LogP contribution in [0.15, 0.2) is 41.2 Å². The lowest BCUT2D eigenvalue weighted by Crippen LogP contribution is -2.51. The second kappa shape index (κ2) is 6.81. The molecule has 0 spiro atoms. The molecule has 2 aromatic carbocycles. The van der Waals surface area contributed by atoms with Crippen LogP contribution < -0.4 is 15.2 Å². The first-order valence-electron chi connectivity index (χ1n) is 8.88. The van der Waals surface area contributed by atoms with Gasteiger partial charge in [-0.15, -0.1) is 0 Å². The number of carbonyl (C=O) groups is 1. The zero-order chi connectivity index (χ0) is 20.9. The standard InChI is InChI=1S/C20H16ClF2N3O3/c1-3-11-5-4-6-15-17(11)29-20(22,23)19(28)26(15)10-16-24-14-8-7-12(21)9-13(14)18(27)25(16)2/h4-9H,3,10H2,1-2H3. The molecule has 4 rings (SSSR count). The summed E-state index contributed by atoms with van der Waals surface area (Å²) in [6, 6.07) is 9.50. The van der Waals surface area contributed by atoms with Gasteiger partial charge in [0.15, 0.2) is 5.75 Å². The zero-order valence-electron chi connectivity index (χ0n) is 15.6. The van der Waals surface area contributed by atoms with Crippen LogP contribution in [-0.2, 0) is 24.8 Å². The number of nitrogens with zero attached hydrogens (tertiary/aromatic N) is 3. The molecule has 0 unspecified atom stereocenters. The smallest absolute Gasteiger partial charge is 0.423 e. The fraction of sp³-hybridized carbons (Fsp3) is 0.250. The summed E-state index contributed by atoms with van der Waals surface area (Å²) in [6.45, 7) is 1.49. The van der Waals surface area contributed by atoms with Gasteiger partial charge in [0.05, 0.1) is 23.1 Å². The summed E-state index contributed by atoms with van der Waals surface area (Å²) in [5, 5.41) is 0.684. The lowest BCUT2D eigenvalue weighted by Gasteiger charge is -2.34. The number of para-hydroxylation sites is 1. The second-order valence-electron chi connectivity index (χ2n) is 6.68. The van der Waals surface area contributed by atoms with Crippen molar-refractivity contribution in [2.75, 3.05) is 4.90 Å². The number of carbonyl (C=O) groups excluding carboxylic acids is 1. The number of amides is 1. The Labute approximate surface area is 169 Å². The molecule has 1 aliphatic heterocycles. The predicted octanol–water partition coefficient (Wildman–Crippen LogP) is 3.67. The Kier molecular flexibility index (Phi) is 4.53. The Balaban J connectivity index is 1.86. The van der Waals surface area contributed by atoms with E-state index in [0.717, 1.165) is 4.90 Å². The number of alkyl halides is 2. The molecule has 0 N–H and O–H groups in total. The van der Waals surface area contributed by atoms with Crippen LogP contribution in [0.5, 0.6) is 5.75 Å². The summed E-state index contributed by atoms with van der Waals surface area (Å²) in [7, 11) is 1.47. The Morgan fingerprint density at radius 1 is 1.21 bits per heavy atom. The Morgan fingerprint density at radius 3 is 2.69 bits per heavy atom. The van der Waals surface area contributed by atoms with Gasteiger partial charge >= 0.3 is 12.0 Å². The third-order valence-corrected chi connectivity index (χ3v) is 5.14. The normalized spacial score (nSPS) is 15.3. The van der Waals surface area contributed by atoms with Crippen molar-refractivity contribution in [2.45, 2.75) is 26.0 Å². The van der Waals surface area contributed by atoms with Crippen molar-refractivity contribution in [3.63, 3.8) is 0 Å². The molecule has 29 heavy (non-hydrogen) atoms. The molecular weight excluding hydrogens is 404 g/mol. The lowest BCUT2D eigenvalue weighted by atomic mass is 10.1. The molecule has 0 saturated heterocycles. The summed E-state index contributed by atoms with van der Waals surface area (Å²) in [5.41, 5.74) is 0.741. The highest BCUT2D eigenvalue weighted by Gasteiger charge is 2.51. The molecule has 1 aromatic heterocycles. The maximum Gasteiger partial charge on any atom is 0.483 e. The molecule has 2 heterocycles. The Hall–Kier alpha value is -3.00. The predicted molar refractivity (Wildman–Crippen MR) is 105 cm³/mol. The van der Waals surface area contributed by atoms with Crippen molar-refractivity contribution < 1.29 is 18.3 Å². The first-order chi connectivity index (χ1) is 13.7. The number of rotatable bonds is 3. The van der Waals surface area contributed by atoms with Crippen molar-refractivity contribution >= 4 is 34.1 Å². The van der Waals surface area contributed by atoms with Crippen LogP contribution in [0.1, 0.15) is 18.3 Å². The number of ether oxygens (including phenoxy) is 1. The molecule has 150 valence electrons. The minimum Gasteiger partial charge on any atom is -0.423 e. The monoisotopic (exact) mass is 419 g/mol. The van der Waals surface area contributed by atoms with Crippen molar-refractivity contribution in [1.82, 2.24) is 9.55 Å². The van der Waals surface area contributed by atoms with Gasteiger partial charge in [-0.05, 0) is 36.2 Å². The van der Waals surface area contributed by atoms with E-state index in [1.807, 2.05) is 0 Å². The first-order valence-corrected chi connectivity index (χ1v) is 9.26. The third-order valence-electron chi connectivity index (χ3n) is 4.90. The minimum atomic E-state index is -4.01. The zero-order valence-corrected chi connectivity index (χ0v) is 16.3. The molecule has 3 aromatic rings. The van der Waals surface area contributed by atoms with Crippen LogP contribution >= 0.6 is 11.6 Å². The average Bonchev–Trinajstić information content (AvgIpc) is 2.69. The number of fused-ring (bicyclic) bond motifs is 2. The van der Waals surface area contributed by atoms with Crippen molar-refractivity contribution in [1.29, 1.82) is 0 Å². The van der Waals surface area contributed by atoms with Gasteiger partial charge in [-0.1, -0.05) is 30.7 Å². The molecule has 1 aliphatic rings. The molecule has 6 nitrogen and oxygen atoms in total. The maximum atomic E-state index is 14.3. The molecule has 1 amide bonds. The van der Waals surface area contributed by atoms with Crippen molar-refractivity contribution in [3.05, 3.63) is 63.2 Å². The summed E-state index contributed by atoms with van der Waals surface area (Å²) in [5.74, 6) is -1.40. The van der Waals surface area contributed by atoms with Crippen LogP contribution in [0, 0.1) is 0 Å². The van der Waals surface area contributed by atoms with E-state index < -0.39 is 12.0 Å². The first kappa shape index (κ1) is 19.3. The molecule has 0 radical (unpaired) electrons. The molecule has 0 atom stereocenters. The van der Waals surface area contributed by atoms with Crippen LogP contribution in [0.3, 0.4) is 0 Å². The summed E-state index contributed by atoms with van der Waals surface area (Å²) < 4.78 is 34.6. The number of anilines is 1. The van der Waals surface area contributed by atoms with Crippen molar-refractivity contribution in [3.8, 4) is 5.75 Å². The van der Waals surface area contributed by atoms with Crippen LogP contribution in [-0.4, -0.2) is 21.6 Å². The van der Waals surface area contributed by atoms with E-state index in [1.54, 1.807) is 31.2 Å². The highest BCUT2D eigenvalue weighted by Crippen LogP contribution is 2.42. The third kappa shape index (κ3) is 3.13. The maximum absolute atomic E-state index is 14.3. The van der Waals surface area contributed by atoms with Crippen LogP contribution in [0.4, 0.5) is 14.5 Å². The molecule has 9 heteroatoms. The summed E-state index contributed by atoms with van der Waals surface area (Å²) in [4.78, 5) is 30.4. The highest BCUT2D eigenvalue weighted by atomic mass is 35.5. The van der Waals surface area contributed by atoms with Gasteiger partial charge in [-0.2, -0.15) is 8.78 Å². The number of hydrogen-bond donors (Lipinski definition) is 0. The SMILES string of the molecule is CCc1cccc2c1OC(F)(F)C(=O)N2Cc1nc2ccc(Cl)cc2c(=O)n1C. The number of aromatic nitrogens is 2. The topological polar surface area (TPSA) is 64.4 Å². The fourth-order valence-corrected chi connectivity index (χ4v) is 3.52. The van der Waals surface area contributed by atoms with Gasteiger partial charge in [0.25, 0.3) is 5.56 Å². The van der Waals surface area contributed by atoms with E-state index in [1.165, 1.54) is 23.7 Å². The van der Waals surface area contributed by atoms with E-state index >= 15 is 0 Å². The van der Waals surface area contributed by atoms with Gasteiger partial charge in [0, 0.05) is 12.1 Å². The van der Waals surface area contributed by atoms with Gasteiger partial charge in [-0.3, -0.25) is 19.1 Å². The largest absolute Gasteiger partial charge is 0.483 e. The highest BCUT2D eigenvalue weighted by molar-refractivity contribution is 6.31. The molecular formula is C20H16ClF2N3O3. The number of halogens is 3. The Bertz CT molecular complexity index is 1210. The van der Waals surface area contributed by atoms with Gasteiger partial charge in [-0.25, -0.2) is 4.98 Å². The van der Waals surface area contributed by atoms with E-state index in [-0.39, 0.29) is 29.4 Å². The number of benzene rings is 2. The minimum absolute atomic E-state index is 0.0443. The summed E-state index contributed by atoms with van der Waals surface area (Å²) in [6.07, 6.45) is -3.56. The molecule has 0 bridgehead atoms.